The highest BCUT2D eigenvalue weighted by molar-refractivity contribution is 6.03. The minimum Gasteiger partial charge on any atom is -0.459 e. The highest BCUT2D eigenvalue weighted by Gasteiger charge is 2.28. The van der Waals surface area contributed by atoms with Crippen LogP contribution in [0.2, 0.25) is 0 Å². The van der Waals surface area contributed by atoms with Crippen LogP contribution in [0, 0.1) is 25.7 Å². The molecule has 3 rings (SSSR count). The van der Waals surface area contributed by atoms with Crippen LogP contribution in [-0.4, -0.2) is 41.6 Å². The molecule has 1 aromatic heterocycles. The molecular weight excluding hydrogens is 442 g/mol. The smallest absolute Gasteiger partial charge is 0.323 e. The van der Waals surface area contributed by atoms with Gasteiger partial charge in [-0.2, -0.15) is 0 Å². The molecule has 0 saturated carbocycles. The highest BCUT2D eigenvalue weighted by Crippen LogP contribution is 2.24. The van der Waals surface area contributed by atoms with Crippen LogP contribution in [0.3, 0.4) is 0 Å². The first kappa shape index (κ1) is 26.8. The highest BCUT2D eigenvalue weighted by atomic mass is 16.6. The molecule has 7 nitrogen and oxygen atoms in total. The van der Waals surface area contributed by atoms with Gasteiger partial charge in [-0.05, 0) is 48.9 Å². The number of nitrogens with one attached hydrogen (secondary N) is 1. The Balaban J connectivity index is 1.82. The molecule has 2 heterocycles. The summed E-state index contributed by atoms with van der Waals surface area (Å²) in [7, 11) is 1.77. The number of pyridine rings is 1. The molecule has 35 heavy (non-hydrogen) atoms. The number of aliphatic imine (C=N–C) groups is 1. The van der Waals surface area contributed by atoms with Crippen LogP contribution in [0.4, 0.5) is 5.69 Å². The molecule has 2 unspecified atom stereocenters. The molecular formula is C28H39N3O4. The zero-order valence-electron chi connectivity index (χ0n) is 22.1. The van der Waals surface area contributed by atoms with Gasteiger partial charge in [0.25, 0.3) is 5.56 Å². The van der Waals surface area contributed by atoms with Gasteiger partial charge in [0.1, 0.15) is 12.1 Å². The van der Waals surface area contributed by atoms with Crippen LogP contribution in [0.15, 0.2) is 40.2 Å². The lowest BCUT2D eigenvalue weighted by atomic mass is 9.99. The third-order valence-electron chi connectivity index (χ3n) is 6.34. The summed E-state index contributed by atoms with van der Waals surface area (Å²) in [5.74, 6) is 0.0361. The van der Waals surface area contributed by atoms with Crippen molar-refractivity contribution in [3.8, 4) is 0 Å². The maximum absolute atomic E-state index is 12.8. The Hall–Kier alpha value is -2.77. The van der Waals surface area contributed by atoms with Gasteiger partial charge in [0.05, 0.1) is 24.6 Å². The molecule has 2 aromatic rings. The molecule has 1 fully saturated rings. The summed E-state index contributed by atoms with van der Waals surface area (Å²) in [6.07, 6.45) is 2.45. The molecule has 190 valence electrons. The van der Waals surface area contributed by atoms with Crippen LogP contribution in [-0.2, 0) is 27.9 Å². The Morgan fingerprint density at radius 3 is 2.54 bits per heavy atom. The monoisotopic (exact) mass is 481 g/mol. The number of hydrogen-bond acceptors (Lipinski definition) is 6. The maximum atomic E-state index is 12.8. The van der Waals surface area contributed by atoms with Crippen molar-refractivity contribution in [2.75, 3.05) is 13.2 Å². The summed E-state index contributed by atoms with van der Waals surface area (Å²) < 4.78 is 12.6. The van der Waals surface area contributed by atoms with Gasteiger partial charge in [0, 0.05) is 37.3 Å². The van der Waals surface area contributed by atoms with E-state index in [0.29, 0.717) is 25.3 Å². The second-order valence-corrected chi connectivity index (χ2v) is 10.1. The second kappa shape index (κ2) is 11.8. The molecule has 0 aliphatic carbocycles. The minimum absolute atomic E-state index is 0.000186. The lowest BCUT2D eigenvalue weighted by Crippen LogP contribution is -2.43. The topological polar surface area (TPSA) is 81.9 Å². The van der Waals surface area contributed by atoms with Gasteiger partial charge in [-0.1, -0.05) is 39.8 Å². The maximum Gasteiger partial charge on any atom is 0.323 e. The van der Waals surface area contributed by atoms with Crippen LogP contribution in [0.5, 0.6) is 0 Å². The van der Waals surface area contributed by atoms with Crippen LogP contribution < -0.4 is 10.9 Å². The summed E-state index contributed by atoms with van der Waals surface area (Å²) in [5.41, 5.74) is 5.56. The number of esters is 1. The van der Waals surface area contributed by atoms with E-state index >= 15 is 0 Å². The van der Waals surface area contributed by atoms with E-state index < -0.39 is 6.04 Å². The number of benzene rings is 1. The third kappa shape index (κ3) is 6.89. The van der Waals surface area contributed by atoms with Gasteiger partial charge in [-0.15, -0.1) is 0 Å². The van der Waals surface area contributed by atoms with Crippen molar-refractivity contribution in [3.05, 3.63) is 63.1 Å². The fourth-order valence-corrected chi connectivity index (χ4v) is 4.22. The molecule has 0 radical (unpaired) electrons. The zero-order valence-corrected chi connectivity index (χ0v) is 22.1. The van der Waals surface area contributed by atoms with E-state index in [1.165, 1.54) is 0 Å². The van der Waals surface area contributed by atoms with Crippen molar-refractivity contribution in [1.29, 1.82) is 0 Å². The molecule has 1 N–H and O–H groups in total. The number of ether oxygens (including phenoxy) is 2. The second-order valence-electron chi connectivity index (χ2n) is 10.1. The van der Waals surface area contributed by atoms with Gasteiger partial charge in [-0.25, -0.2) is 0 Å². The predicted molar refractivity (Wildman–Crippen MR) is 139 cm³/mol. The fraction of sp³-hybridized carbons (Fsp3) is 0.536. The van der Waals surface area contributed by atoms with E-state index in [0.717, 1.165) is 34.5 Å². The molecule has 1 aliphatic heterocycles. The largest absolute Gasteiger partial charge is 0.459 e. The number of aryl methyl sites for hydroxylation is 3. The van der Waals surface area contributed by atoms with Crippen LogP contribution >= 0.6 is 0 Å². The molecule has 1 saturated heterocycles. The summed E-state index contributed by atoms with van der Waals surface area (Å²) in [5, 5.41) is 3.38. The molecule has 2 atom stereocenters. The van der Waals surface area contributed by atoms with E-state index in [9.17, 15) is 9.59 Å². The van der Waals surface area contributed by atoms with Crippen molar-refractivity contribution < 1.29 is 14.3 Å². The third-order valence-corrected chi connectivity index (χ3v) is 6.34. The van der Waals surface area contributed by atoms with E-state index in [1.54, 1.807) is 11.6 Å². The van der Waals surface area contributed by atoms with Gasteiger partial charge in [0.2, 0.25) is 0 Å². The summed E-state index contributed by atoms with van der Waals surface area (Å²) in [6.45, 7) is 13.7. The first-order valence-electron chi connectivity index (χ1n) is 12.4. The number of hydrogen-bond donors (Lipinski definition) is 1. The normalized spacial score (nSPS) is 17.3. The first-order chi connectivity index (χ1) is 16.6. The van der Waals surface area contributed by atoms with E-state index in [-0.39, 0.29) is 29.5 Å². The van der Waals surface area contributed by atoms with Gasteiger partial charge in [0.15, 0.2) is 0 Å². The SMILES string of the molecule is Cc1ccc(CNC(C(=O)OC2CCOC2)C(C)C)cc1N=C(c1cc(C)c(=O)n(C)c1)C(C)C. The molecule has 0 bridgehead atoms. The number of carbonyl (C=O) groups excluding carboxylic acids is 1. The van der Waals surface area contributed by atoms with Crippen LogP contribution in [0.25, 0.3) is 0 Å². The molecule has 0 spiro atoms. The van der Waals surface area contributed by atoms with Gasteiger partial charge in [-0.3, -0.25) is 14.6 Å². The van der Waals surface area contributed by atoms with Crippen molar-refractivity contribution >= 4 is 17.4 Å². The Morgan fingerprint density at radius 1 is 1.20 bits per heavy atom. The molecule has 1 aromatic carbocycles. The average Bonchev–Trinajstić information content (AvgIpc) is 3.29. The molecule has 1 aliphatic rings. The van der Waals surface area contributed by atoms with Crippen LogP contribution in [0.1, 0.15) is 56.4 Å². The summed E-state index contributed by atoms with van der Waals surface area (Å²) in [6, 6.07) is 7.69. The number of carbonyl (C=O) groups is 1. The lowest BCUT2D eigenvalue weighted by Gasteiger charge is -2.23. The Kier molecular flexibility index (Phi) is 9.03. The molecule has 7 heteroatoms. The van der Waals surface area contributed by atoms with Crippen molar-refractivity contribution in [3.63, 3.8) is 0 Å². The summed E-state index contributed by atoms with van der Waals surface area (Å²) in [4.78, 5) is 30.0. The summed E-state index contributed by atoms with van der Waals surface area (Å²) >= 11 is 0. The minimum atomic E-state index is -0.399. The Labute approximate surface area is 208 Å². The number of nitrogens with zero attached hydrogens (tertiary/aromatic N) is 2. The zero-order chi connectivity index (χ0) is 25.7. The van der Waals surface area contributed by atoms with Crippen molar-refractivity contribution in [2.24, 2.45) is 23.9 Å². The van der Waals surface area contributed by atoms with Gasteiger partial charge >= 0.3 is 5.97 Å². The van der Waals surface area contributed by atoms with Gasteiger partial charge < -0.3 is 19.4 Å². The van der Waals surface area contributed by atoms with E-state index in [1.807, 2.05) is 40.0 Å². The quantitative estimate of drug-likeness (QED) is 0.428. The van der Waals surface area contributed by atoms with E-state index in [4.69, 9.17) is 14.5 Å². The van der Waals surface area contributed by atoms with Crippen molar-refractivity contribution in [1.82, 2.24) is 9.88 Å². The predicted octanol–water partition coefficient (Wildman–Crippen LogP) is 4.23. The number of rotatable bonds is 9. The number of aromatic nitrogens is 1. The molecule has 0 amide bonds. The fourth-order valence-electron chi connectivity index (χ4n) is 4.22. The van der Waals surface area contributed by atoms with Crippen molar-refractivity contribution in [2.45, 2.75) is 66.7 Å². The Bertz CT molecular complexity index is 1100. The standard InChI is InChI=1S/C28H39N3O4/c1-17(2)25(22-12-20(6)27(32)31(7)15-22)30-24-13-21(9-8-19(24)5)14-29-26(18(3)4)28(33)35-23-10-11-34-16-23/h8-9,12-13,15,17-18,23,26,29H,10-11,14,16H2,1-7H3. The Morgan fingerprint density at radius 2 is 1.94 bits per heavy atom. The first-order valence-corrected chi connectivity index (χ1v) is 12.4. The van der Waals surface area contributed by atoms with E-state index in [2.05, 4.69) is 37.4 Å². The average molecular weight is 482 g/mol. The lowest BCUT2D eigenvalue weighted by molar-refractivity contribution is -0.152.